The highest BCUT2D eigenvalue weighted by Gasteiger charge is 2.26. The van der Waals surface area contributed by atoms with Crippen molar-refractivity contribution in [2.75, 3.05) is 13.2 Å². The molecule has 0 saturated heterocycles. The van der Waals surface area contributed by atoms with Crippen molar-refractivity contribution in [1.82, 2.24) is 10.6 Å². The molecule has 0 spiro atoms. The minimum absolute atomic E-state index is 0.0888. The lowest BCUT2D eigenvalue weighted by Crippen LogP contribution is -2.45. The SMILES string of the molecule is O=C(CNC1CC1)NC(CCO)C1CCCCC1. The maximum atomic E-state index is 11.8. The third kappa shape index (κ3) is 4.58. The number of aliphatic hydroxyl groups is 1. The van der Waals surface area contributed by atoms with E-state index in [0.717, 1.165) is 0 Å². The molecule has 2 saturated carbocycles. The molecule has 3 N–H and O–H groups in total. The molecule has 104 valence electrons. The number of hydrogen-bond acceptors (Lipinski definition) is 3. The first-order valence-electron chi connectivity index (χ1n) is 7.43. The number of rotatable bonds is 7. The maximum absolute atomic E-state index is 11.8. The zero-order valence-corrected chi connectivity index (χ0v) is 11.2. The van der Waals surface area contributed by atoms with Gasteiger partial charge in [0.05, 0.1) is 6.54 Å². The van der Waals surface area contributed by atoms with Crippen LogP contribution in [0.15, 0.2) is 0 Å². The molecule has 2 aliphatic rings. The highest BCUT2D eigenvalue weighted by atomic mass is 16.3. The summed E-state index contributed by atoms with van der Waals surface area (Å²) < 4.78 is 0. The number of carbonyl (C=O) groups is 1. The predicted octanol–water partition coefficient (Wildman–Crippen LogP) is 1.19. The topological polar surface area (TPSA) is 61.4 Å². The quantitative estimate of drug-likeness (QED) is 0.639. The Bertz CT molecular complexity index is 261. The molecule has 1 amide bonds. The van der Waals surface area contributed by atoms with Crippen molar-refractivity contribution in [3.8, 4) is 0 Å². The van der Waals surface area contributed by atoms with E-state index in [-0.39, 0.29) is 18.6 Å². The van der Waals surface area contributed by atoms with Crippen molar-refractivity contribution in [2.24, 2.45) is 5.92 Å². The van der Waals surface area contributed by atoms with Crippen LogP contribution in [0.3, 0.4) is 0 Å². The minimum Gasteiger partial charge on any atom is -0.396 e. The first-order valence-corrected chi connectivity index (χ1v) is 7.43. The van der Waals surface area contributed by atoms with Crippen molar-refractivity contribution in [1.29, 1.82) is 0 Å². The van der Waals surface area contributed by atoms with Gasteiger partial charge in [-0.25, -0.2) is 0 Å². The summed E-state index contributed by atoms with van der Waals surface area (Å²) >= 11 is 0. The third-order valence-corrected chi connectivity index (χ3v) is 4.13. The van der Waals surface area contributed by atoms with Crippen molar-refractivity contribution >= 4 is 5.91 Å². The molecule has 0 aliphatic heterocycles. The van der Waals surface area contributed by atoms with Crippen LogP contribution in [0.1, 0.15) is 51.4 Å². The van der Waals surface area contributed by atoms with E-state index in [1.54, 1.807) is 0 Å². The second kappa shape index (κ2) is 7.10. The number of aliphatic hydroxyl groups excluding tert-OH is 1. The molecule has 2 rings (SSSR count). The summed E-state index contributed by atoms with van der Waals surface area (Å²) in [5.41, 5.74) is 0. The lowest BCUT2D eigenvalue weighted by atomic mass is 9.82. The van der Waals surface area contributed by atoms with Crippen LogP contribution in [-0.4, -0.2) is 36.2 Å². The molecular weight excluding hydrogens is 228 g/mol. The normalized spacial score (nSPS) is 22.7. The standard InChI is InChI=1S/C14H26N2O2/c17-9-8-13(11-4-2-1-3-5-11)16-14(18)10-15-12-6-7-12/h11-13,15,17H,1-10H2,(H,16,18). The molecule has 4 nitrogen and oxygen atoms in total. The average molecular weight is 254 g/mol. The Morgan fingerprint density at radius 1 is 1.17 bits per heavy atom. The van der Waals surface area contributed by atoms with Gasteiger partial charge in [-0.2, -0.15) is 0 Å². The molecule has 1 unspecified atom stereocenters. The van der Waals surface area contributed by atoms with Crippen LogP contribution >= 0.6 is 0 Å². The smallest absolute Gasteiger partial charge is 0.234 e. The van der Waals surface area contributed by atoms with Gasteiger partial charge in [0.25, 0.3) is 0 Å². The predicted molar refractivity (Wildman–Crippen MR) is 71.2 cm³/mol. The van der Waals surface area contributed by atoms with E-state index in [1.807, 2.05) is 0 Å². The van der Waals surface area contributed by atoms with Crippen LogP contribution in [0.5, 0.6) is 0 Å². The fourth-order valence-corrected chi connectivity index (χ4v) is 2.88. The summed E-state index contributed by atoms with van der Waals surface area (Å²) in [7, 11) is 0. The summed E-state index contributed by atoms with van der Waals surface area (Å²) in [6, 6.07) is 0.741. The van der Waals surface area contributed by atoms with Crippen LogP contribution in [0.25, 0.3) is 0 Å². The van der Waals surface area contributed by atoms with Gasteiger partial charge >= 0.3 is 0 Å². The lowest BCUT2D eigenvalue weighted by Gasteiger charge is -2.30. The molecule has 1 atom stereocenters. The molecular formula is C14H26N2O2. The molecule has 2 aliphatic carbocycles. The van der Waals surface area contributed by atoms with Gasteiger partial charge in [-0.15, -0.1) is 0 Å². The monoisotopic (exact) mass is 254 g/mol. The second-order valence-electron chi connectivity index (χ2n) is 5.74. The fourth-order valence-electron chi connectivity index (χ4n) is 2.88. The largest absolute Gasteiger partial charge is 0.396 e. The van der Waals surface area contributed by atoms with Gasteiger partial charge in [-0.1, -0.05) is 19.3 Å². The van der Waals surface area contributed by atoms with E-state index in [0.29, 0.717) is 24.9 Å². The molecule has 0 radical (unpaired) electrons. The van der Waals surface area contributed by atoms with E-state index in [1.165, 1.54) is 44.9 Å². The van der Waals surface area contributed by atoms with E-state index in [4.69, 9.17) is 5.11 Å². The lowest BCUT2D eigenvalue weighted by molar-refractivity contribution is -0.121. The zero-order valence-electron chi connectivity index (χ0n) is 11.2. The number of nitrogens with one attached hydrogen (secondary N) is 2. The van der Waals surface area contributed by atoms with Gasteiger partial charge < -0.3 is 15.7 Å². The van der Waals surface area contributed by atoms with Crippen molar-refractivity contribution in [3.63, 3.8) is 0 Å². The van der Waals surface area contributed by atoms with Crippen molar-refractivity contribution in [3.05, 3.63) is 0 Å². The van der Waals surface area contributed by atoms with Gasteiger partial charge in [0.1, 0.15) is 0 Å². The van der Waals surface area contributed by atoms with E-state index >= 15 is 0 Å². The molecule has 0 aromatic carbocycles. The van der Waals surface area contributed by atoms with Gasteiger partial charge in [0.2, 0.25) is 5.91 Å². The number of hydrogen-bond donors (Lipinski definition) is 3. The molecule has 0 bridgehead atoms. The molecule has 0 aromatic heterocycles. The number of amides is 1. The Morgan fingerprint density at radius 2 is 1.89 bits per heavy atom. The summed E-state index contributed by atoms with van der Waals surface area (Å²) in [5.74, 6) is 0.654. The Hall–Kier alpha value is -0.610. The highest BCUT2D eigenvalue weighted by Crippen LogP contribution is 2.27. The number of carbonyl (C=O) groups excluding carboxylic acids is 1. The van der Waals surface area contributed by atoms with Gasteiger partial charge in [0.15, 0.2) is 0 Å². The summed E-state index contributed by atoms with van der Waals surface area (Å²) in [5, 5.41) is 15.5. The van der Waals surface area contributed by atoms with Gasteiger partial charge in [-0.05, 0) is 38.0 Å². The van der Waals surface area contributed by atoms with Crippen LogP contribution in [-0.2, 0) is 4.79 Å². The molecule has 2 fully saturated rings. The summed E-state index contributed by atoms with van der Waals surface area (Å²) in [4.78, 5) is 11.8. The summed E-state index contributed by atoms with van der Waals surface area (Å²) in [6.45, 7) is 0.594. The van der Waals surface area contributed by atoms with E-state index < -0.39 is 0 Å². The third-order valence-electron chi connectivity index (χ3n) is 4.13. The van der Waals surface area contributed by atoms with Crippen LogP contribution in [0.4, 0.5) is 0 Å². The molecule has 0 heterocycles. The van der Waals surface area contributed by atoms with Crippen molar-refractivity contribution in [2.45, 2.75) is 63.5 Å². The fraction of sp³-hybridized carbons (Fsp3) is 0.929. The van der Waals surface area contributed by atoms with E-state index in [2.05, 4.69) is 10.6 Å². The first-order chi connectivity index (χ1) is 8.79. The van der Waals surface area contributed by atoms with Crippen molar-refractivity contribution < 1.29 is 9.90 Å². The van der Waals surface area contributed by atoms with Crippen LogP contribution in [0, 0.1) is 5.92 Å². The first kappa shape index (κ1) is 13.8. The van der Waals surface area contributed by atoms with E-state index in [9.17, 15) is 4.79 Å². The zero-order chi connectivity index (χ0) is 12.8. The minimum atomic E-state index is 0.0888. The second-order valence-corrected chi connectivity index (χ2v) is 5.74. The molecule has 4 heteroatoms. The van der Waals surface area contributed by atoms with Crippen LogP contribution < -0.4 is 10.6 Å². The molecule has 18 heavy (non-hydrogen) atoms. The highest BCUT2D eigenvalue weighted by molar-refractivity contribution is 5.78. The Morgan fingerprint density at radius 3 is 2.50 bits per heavy atom. The Kier molecular flexibility index (Phi) is 5.45. The van der Waals surface area contributed by atoms with Crippen LogP contribution in [0.2, 0.25) is 0 Å². The molecule has 0 aromatic rings. The summed E-state index contributed by atoms with van der Waals surface area (Å²) in [6.07, 6.45) is 9.35. The average Bonchev–Trinajstić information content (AvgIpc) is 3.21. The Labute approximate surface area is 110 Å². The Balaban J connectivity index is 1.74. The maximum Gasteiger partial charge on any atom is 0.234 e. The van der Waals surface area contributed by atoms with Gasteiger partial charge in [-0.3, -0.25) is 4.79 Å². The van der Waals surface area contributed by atoms with Gasteiger partial charge in [0, 0.05) is 18.7 Å².